The molecule has 0 saturated heterocycles. The Balaban J connectivity index is 1.78. The molecule has 2 aromatic rings. The van der Waals surface area contributed by atoms with E-state index in [4.69, 9.17) is 21.1 Å². The fourth-order valence-corrected chi connectivity index (χ4v) is 2.30. The summed E-state index contributed by atoms with van der Waals surface area (Å²) in [5.74, 6) is 0.412. The van der Waals surface area contributed by atoms with Crippen LogP contribution in [0.25, 0.3) is 0 Å². The topological polar surface area (TPSA) is 30.5 Å². The van der Waals surface area contributed by atoms with E-state index in [9.17, 15) is 4.39 Å². The second-order valence-electron chi connectivity index (χ2n) is 5.19. The molecule has 0 atom stereocenters. The summed E-state index contributed by atoms with van der Waals surface area (Å²) in [5, 5.41) is 3.73. The van der Waals surface area contributed by atoms with E-state index in [0.29, 0.717) is 11.6 Å². The van der Waals surface area contributed by atoms with E-state index in [0.717, 1.165) is 37.4 Å². The molecule has 0 bridgehead atoms. The molecule has 0 aromatic heterocycles. The number of ether oxygens (including phenoxy) is 2. The van der Waals surface area contributed by atoms with Gasteiger partial charge in [-0.25, -0.2) is 4.39 Å². The molecule has 0 aliphatic heterocycles. The summed E-state index contributed by atoms with van der Waals surface area (Å²) in [4.78, 5) is 0. The zero-order valence-electron chi connectivity index (χ0n) is 13.1. The Morgan fingerprint density at radius 3 is 2.61 bits per heavy atom. The predicted octanol–water partition coefficient (Wildman–Crippen LogP) is 4.18. The Morgan fingerprint density at radius 2 is 1.91 bits per heavy atom. The van der Waals surface area contributed by atoms with Crippen LogP contribution in [0.1, 0.15) is 17.5 Å². The molecule has 2 aromatic carbocycles. The van der Waals surface area contributed by atoms with Crippen molar-refractivity contribution in [3.63, 3.8) is 0 Å². The number of methoxy groups -OCH3 is 1. The molecule has 0 amide bonds. The van der Waals surface area contributed by atoms with Crippen LogP contribution in [-0.4, -0.2) is 20.3 Å². The third-order valence-corrected chi connectivity index (χ3v) is 3.72. The zero-order chi connectivity index (χ0) is 16.5. The first kappa shape index (κ1) is 17.7. The molecule has 0 aliphatic carbocycles. The van der Waals surface area contributed by atoms with E-state index >= 15 is 0 Å². The summed E-state index contributed by atoms with van der Waals surface area (Å²) < 4.78 is 23.7. The average molecular weight is 338 g/mol. The maximum atomic E-state index is 13.0. The van der Waals surface area contributed by atoms with E-state index in [2.05, 4.69) is 5.32 Å². The number of benzene rings is 2. The van der Waals surface area contributed by atoms with Crippen molar-refractivity contribution in [1.82, 2.24) is 5.32 Å². The van der Waals surface area contributed by atoms with E-state index in [1.54, 1.807) is 13.2 Å². The summed E-state index contributed by atoms with van der Waals surface area (Å²) in [6, 6.07) is 12.2. The molecule has 2 rings (SSSR count). The second kappa shape index (κ2) is 9.50. The van der Waals surface area contributed by atoms with Gasteiger partial charge >= 0.3 is 0 Å². The van der Waals surface area contributed by atoms with Gasteiger partial charge in [0.15, 0.2) is 0 Å². The van der Waals surface area contributed by atoms with Crippen molar-refractivity contribution in [3.05, 3.63) is 64.4 Å². The van der Waals surface area contributed by atoms with Gasteiger partial charge < -0.3 is 14.8 Å². The number of rotatable bonds is 9. The van der Waals surface area contributed by atoms with Crippen LogP contribution < -0.4 is 10.1 Å². The molecule has 0 saturated carbocycles. The first-order chi connectivity index (χ1) is 11.2. The van der Waals surface area contributed by atoms with E-state index in [-0.39, 0.29) is 5.82 Å². The van der Waals surface area contributed by atoms with Crippen LogP contribution in [0.2, 0.25) is 5.02 Å². The number of hydrogen-bond acceptors (Lipinski definition) is 3. The van der Waals surface area contributed by atoms with Gasteiger partial charge in [0.1, 0.15) is 18.2 Å². The van der Waals surface area contributed by atoms with Crippen LogP contribution in [-0.2, 0) is 17.9 Å². The summed E-state index contributed by atoms with van der Waals surface area (Å²) in [6.45, 7) is 2.82. The van der Waals surface area contributed by atoms with Gasteiger partial charge in [-0.05, 0) is 42.8 Å². The van der Waals surface area contributed by atoms with Gasteiger partial charge in [0, 0.05) is 25.8 Å². The van der Waals surface area contributed by atoms with Gasteiger partial charge in [0.05, 0.1) is 5.02 Å². The lowest BCUT2D eigenvalue weighted by Gasteiger charge is -2.09. The molecule has 124 valence electrons. The van der Waals surface area contributed by atoms with Crippen LogP contribution in [0.3, 0.4) is 0 Å². The fraction of sp³-hybridized carbons (Fsp3) is 0.333. The highest BCUT2D eigenvalue weighted by molar-refractivity contribution is 6.31. The van der Waals surface area contributed by atoms with Gasteiger partial charge in [-0.2, -0.15) is 0 Å². The number of nitrogens with one attached hydrogen (secondary N) is 1. The molecule has 0 spiro atoms. The molecule has 0 fully saturated rings. The van der Waals surface area contributed by atoms with Crippen molar-refractivity contribution in [2.24, 2.45) is 0 Å². The molecule has 23 heavy (non-hydrogen) atoms. The van der Waals surface area contributed by atoms with Crippen LogP contribution >= 0.6 is 11.6 Å². The van der Waals surface area contributed by atoms with Crippen LogP contribution in [0.5, 0.6) is 5.75 Å². The zero-order valence-corrected chi connectivity index (χ0v) is 13.9. The molecule has 1 N–H and O–H groups in total. The SMILES string of the molecule is COCCCNCc1ccc(OCc2ccc(F)cc2Cl)cc1. The third-order valence-electron chi connectivity index (χ3n) is 3.36. The lowest BCUT2D eigenvalue weighted by atomic mass is 10.2. The Hall–Kier alpha value is -1.62. The molecular weight excluding hydrogens is 317 g/mol. The highest BCUT2D eigenvalue weighted by Crippen LogP contribution is 2.20. The van der Waals surface area contributed by atoms with Crippen molar-refractivity contribution >= 4 is 11.6 Å². The molecule has 5 heteroatoms. The van der Waals surface area contributed by atoms with Gasteiger partial charge in [-0.1, -0.05) is 29.8 Å². The lowest BCUT2D eigenvalue weighted by molar-refractivity contribution is 0.194. The van der Waals surface area contributed by atoms with E-state index < -0.39 is 0 Å². The third kappa shape index (κ3) is 6.18. The van der Waals surface area contributed by atoms with E-state index in [1.807, 2.05) is 24.3 Å². The lowest BCUT2D eigenvalue weighted by Crippen LogP contribution is -2.15. The summed E-state index contributed by atoms with van der Waals surface area (Å²) >= 11 is 5.98. The fourth-order valence-electron chi connectivity index (χ4n) is 2.08. The highest BCUT2D eigenvalue weighted by Gasteiger charge is 2.03. The smallest absolute Gasteiger partial charge is 0.124 e. The summed E-state index contributed by atoms with van der Waals surface area (Å²) in [7, 11) is 1.71. The number of hydrogen-bond donors (Lipinski definition) is 1. The summed E-state index contributed by atoms with van der Waals surface area (Å²) in [6.07, 6.45) is 0.996. The van der Waals surface area contributed by atoms with Crippen molar-refractivity contribution < 1.29 is 13.9 Å². The van der Waals surface area contributed by atoms with Crippen molar-refractivity contribution in [1.29, 1.82) is 0 Å². The normalized spacial score (nSPS) is 10.7. The Labute approximate surface area is 141 Å². The standard InChI is InChI=1S/C18H21ClFNO2/c1-22-10-2-9-21-12-14-3-7-17(8-4-14)23-13-15-5-6-16(20)11-18(15)19/h3-8,11,21H,2,9-10,12-13H2,1H3. The molecule has 0 heterocycles. The van der Waals surface area contributed by atoms with Crippen LogP contribution in [0.4, 0.5) is 4.39 Å². The first-order valence-electron chi connectivity index (χ1n) is 7.54. The predicted molar refractivity (Wildman–Crippen MR) is 90.4 cm³/mol. The Bertz CT molecular complexity index is 604. The highest BCUT2D eigenvalue weighted by atomic mass is 35.5. The first-order valence-corrected chi connectivity index (χ1v) is 7.92. The molecule has 0 unspecified atom stereocenters. The van der Waals surface area contributed by atoms with E-state index in [1.165, 1.54) is 17.7 Å². The minimum atomic E-state index is -0.346. The minimum Gasteiger partial charge on any atom is -0.489 e. The minimum absolute atomic E-state index is 0.313. The Kier molecular flexibility index (Phi) is 7.33. The average Bonchev–Trinajstić information content (AvgIpc) is 2.55. The van der Waals surface area contributed by atoms with Crippen molar-refractivity contribution in [3.8, 4) is 5.75 Å². The largest absolute Gasteiger partial charge is 0.489 e. The van der Waals surface area contributed by atoms with Gasteiger partial charge in [0.25, 0.3) is 0 Å². The van der Waals surface area contributed by atoms with Crippen LogP contribution in [0.15, 0.2) is 42.5 Å². The molecule has 3 nitrogen and oxygen atoms in total. The monoisotopic (exact) mass is 337 g/mol. The van der Waals surface area contributed by atoms with Gasteiger partial charge in [-0.15, -0.1) is 0 Å². The van der Waals surface area contributed by atoms with Crippen LogP contribution in [0, 0.1) is 5.82 Å². The molecule has 0 radical (unpaired) electrons. The maximum absolute atomic E-state index is 13.0. The number of halogens is 2. The van der Waals surface area contributed by atoms with Crippen molar-refractivity contribution in [2.75, 3.05) is 20.3 Å². The molecule has 0 aliphatic rings. The Morgan fingerprint density at radius 1 is 1.13 bits per heavy atom. The van der Waals surface area contributed by atoms with Gasteiger partial charge in [0.2, 0.25) is 0 Å². The van der Waals surface area contributed by atoms with Crippen molar-refractivity contribution in [2.45, 2.75) is 19.6 Å². The maximum Gasteiger partial charge on any atom is 0.124 e. The second-order valence-corrected chi connectivity index (χ2v) is 5.60. The quantitative estimate of drug-likeness (QED) is 0.696. The summed E-state index contributed by atoms with van der Waals surface area (Å²) in [5.41, 5.74) is 1.95. The molecular formula is C18H21ClFNO2. The van der Waals surface area contributed by atoms with Gasteiger partial charge in [-0.3, -0.25) is 0 Å².